The highest BCUT2D eigenvalue weighted by Gasteiger charge is 2.24. The number of sulfonamides is 1. The van der Waals surface area contributed by atoms with Crippen LogP contribution in [0.1, 0.15) is 25.7 Å². The number of hydrogen-bond acceptors (Lipinski definition) is 2. The molecule has 0 amide bonds. The average Bonchev–Trinajstić information content (AvgIpc) is 2.36. The number of hydrogen-bond donors (Lipinski definition) is 1. The number of alkyl halides is 1. The summed E-state index contributed by atoms with van der Waals surface area (Å²) in [6.07, 6.45) is 3.74. The van der Waals surface area contributed by atoms with Crippen molar-refractivity contribution in [3.8, 4) is 0 Å². The molecule has 3 nitrogen and oxygen atoms in total. The van der Waals surface area contributed by atoms with Gasteiger partial charge in [0.1, 0.15) is 10.7 Å². The molecule has 1 fully saturated rings. The molecule has 2 unspecified atom stereocenters. The van der Waals surface area contributed by atoms with Crippen LogP contribution in [-0.2, 0) is 10.0 Å². The van der Waals surface area contributed by atoms with E-state index in [1.807, 2.05) is 0 Å². The smallest absolute Gasteiger partial charge is 0.211 e. The Labute approximate surface area is 132 Å². The molecule has 0 saturated heterocycles. The third kappa shape index (κ3) is 4.16. The summed E-state index contributed by atoms with van der Waals surface area (Å²) in [6.45, 7) is 0.307. The van der Waals surface area contributed by atoms with Gasteiger partial charge in [-0.3, -0.25) is 0 Å². The van der Waals surface area contributed by atoms with Crippen molar-refractivity contribution in [3.05, 3.63) is 28.5 Å². The summed E-state index contributed by atoms with van der Waals surface area (Å²) in [5.41, 5.74) is 0. The first-order valence-corrected chi connectivity index (χ1v) is 9.18. The van der Waals surface area contributed by atoms with Crippen molar-refractivity contribution in [3.63, 3.8) is 0 Å². The van der Waals surface area contributed by atoms with Crippen LogP contribution in [0.5, 0.6) is 0 Å². The van der Waals surface area contributed by atoms with Crippen LogP contribution in [0, 0.1) is 11.7 Å². The van der Waals surface area contributed by atoms with Gasteiger partial charge < -0.3 is 0 Å². The molecule has 0 spiro atoms. The minimum Gasteiger partial charge on any atom is -0.211 e. The monoisotopic (exact) mass is 383 g/mol. The molecule has 1 aliphatic carbocycles. The SMILES string of the molecule is O=S(=O)(NCC1CCCC(Cl)C1)c1ccc(Br)cc1F. The Hall–Kier alpha value is -0.170. The average molecular weight is 385 g/mol. The van der Waals surface area contributed by atoms with Crippen molar-refractivity contribution >= 4 is 37.6 Å². The second kappa shape index (κ2) is 6.73. The predicted molar refractivity (Wildman–Crippen MR) is 80.9 cm³/mol. The molecule has 0 aliphatic heterocycles. The van der Waals surface area contributed by atoms with Crippen LogP contribution < -0.4 is 4.72 Å². The van der Waals surface area contributed by atoms with Crippen molar-refractivity contribution in [1.82, 2.24) is 4.72 Å². The van der Waals surface area contributed by atoms with Gasteiger partial charge in [-0.1, -0.05) is 22.4 Å². The molecule has 1 aliphatic rings. The molecule has 0 aromatic heterocycles. The Morgan fingerprint density at radius 2 is 2.15 bits per heavy atom. The van der Waals surface area contributed by atoms with E-state index in [1.165, 1.54) is 12.1 Å². The van der Waals surface area contributed by atoms with Crippen LogP contribution in [0.15, 0.2) is 27.6 Å². The Bertz CT molecular complexity index is 582. The Kier molecular flexibility index (Phi) is 5.45. The lowest BCUT2D eigenvalue weighted by Crippen LogP contribution is -2.32. The quantitative estimate of drug-likeness (QED) is 0.805. The fraction of sp³-hybridized carbons (Fsp3) is 0.538. The van der Waals surface area contributed by atoms with Gasteiger partial charge in [0.2, 0.25) is 10.0 Å². The van der Waals surface area contributed by atoms with Gasteiger partial charge in [0.15, 0.2) is 0 Å². The summed E-state index contributed by atoms with van der Waals surface area (Å²) in [6, 6.07) is 3.91. The summed E-state index contributed by atoms with van der Waals surface area (Å²) in [5, 5.41) is 0.114. The lowest BCUT2D eigenvalue weighted by atomic mass is 9.89. The van der Waals surface area contributed by atoms with Gasteiger partial charge in [0, 0.05) is 16.4 Å². The number of rotatable bonds is 4. The largest absolute Gasteiger partial charge is 0.243 e. The molecule has 2 atom stereocenters. The zero-order chi connectivity index (χ0) is 14.8. The second-order valence-corrected chi connectivity index (χ2v) is 8.32. The van der Waals surface area contributed by atoms with Crippen LogP contribution in [0.3, 0.4) is 0 Å². The lowest BCUT2D eigenvalue weighted by molar-refractivity contribution is 0.361. The first-order chi connectivity index (χ1) is 9.38. The van der Waals surface area contributed by atoms with E-state index in [2.05, 4.69) is 20.7 Å². The maximum Gasteiger partial charge on any atom is 0.243 e. The standard InChI is InChI=1S/C13H16BrClFNO2S/c14-10-4-5-13(12(16)7-10)20(18,19)17-8-9-2-1-3-11(15)6-9/h4-5,7,9,11,17H,1-3,6,8H2. The molecule has 1 N–H and O–H groups in total. The van der Waals surface area contributed by atoms with Crippen LogP contribution in [-0.4, -0.2) is 20.3 Å². The van der Waals surface area contributed by atoms with Crippen molar-refractivity contribution in [1.29, 1.82) is 0 Å². The maximum atomic E-state index is 13.7. The summed E-state index contributed by atoms with van der Waals surface area (Å²) >= 11 is 9.18. The van der Waals surface area contributed by atoms with Crippen molar-refractivity contribution in [2.75, 3.05) is 6.54 Å². The minimum atomic E-state index is -3.81. The molecule has 1 aromatic carbocycles. The predicted octanol–water partition coefficient (Wildman–Crippen LogP) is 3.66. The summed E-state index contributed by atoms with van der Waals surface area (Å²) < 4.78 is 40.9. The zero-order valence-electron chi connectivity index (χ0n) is 10.8. The van der Waals surface area contributed by atoms with Gasteiger partial charge in [0.25, 0.3) is 0 Å². The molecule has 0 bridgehead atoms. The number of benzene rings is 1. The van der Waals surface area contributed by atoms with Gasteiger partial charge in [-0.05, 0) is 43.4 Å². The van der Waals surface area contributed by atoms with Gasteiger partial charge in [0.05, 0.1) is 0 Å². The fourth-order valence-corrected chi connectivity index (χ4v) is 4.32. The number of nitrogens with one attached hydrogen (secondary N) is 1. The molecule has 1 aromatic rings. The summed E-state index contributed by atoms with van der Waals surface area (Å²) in [5.74, 6) is -0.537. The van der Waals surface area contributed by atoms with Crippen LogP contribution in [0.2, 0.25) is 0 Å². The molecule has 0 heterocycles. The normalized spacial score (nSPS) is 23.8. The van der Waals surface area contributed by atoms with Crippen molar-refractivity contribution in [2.45, 2.75) is 36.0 Å². The minimum absolute atomic E-state index is 0.114. The molecule has 112 valence electrons. The van der Waals surface area contributed by atoms with Crippen LogP contribution >= 0.6 is 27.5 Å². The van der Waals surface area contributed by atoms with Gasteiger partial charge in [-0.2, -0.15) is 0 Å². The number of halogens is 3. The van der Waals surface area contributed by atoms with E-state index in [0.717, 1.165) is 31.7 Å². The van der Waals surface area contributed by atoms with Crippen molar-refractivity contribution in [2.24, 2.45) is 5.92 Å². The van der Waals surface area contributed by atoms with E-state index in [4.69, 9.17) is 11.6 Å². The third-order valence-electron chi connectivity index (χ3n) is 3.46. The molecule has 1 saturated carbocycles. The van der Waals surface area contributed by atoms with E-state index in [9.17, 15) is 12.8 Å². The highest BCUT2D eigenvalue weighted by atomic mass is 79.9. The van der Waals surface area contributed by atoms with Crippen LogP contribution in [0.25, 0.3) is 0 Å². The zero-order valence-corrected chi connectivity index (χ0v) is 13.9. The van der Waals surface area contributed by atoms with E-state index in [1.54, 1.807) is 0 Å². The second-order valence-electron chi connectivity index (χ2n) is 5.06. The third-order valence-corrected chi connectivity index (χ3v) is 5.81. The van der Waals surface area contributed by atoms with Gasteiger partial charge in [-0.25, -0.2) is 17.5 Å². The Morgan fingerprint density at radius 3 is 2.80 bits per heavy atom. The molecule has 0 radical (unpaired) electrons. The topological polar surface area (TPSA) is 46.2 Å². The molecular formula is C13H16BrClFNO2S. The first-order valence-electron chi connectivity index (χ1n) is 6.47. The van der Waals surface area contributed by atoms with E-state index in [0.29, 0.717) is 11.0 Å². The first kappa shape index (κ1) is 16.2. The van der Waals surface area contributed by atoms with Gasteiger partial charge in [-0.15, -0.1) is 11.6 Å². The fourth-order valence-electron chi connectivity index (χ4n) is 2.41. The van der Waals surface area contributed by atoms with E-state index >= 15 is 0 Å². The molecule has 7 heteroatoms. The van der Waals surface area contributed by atoms with E-state index < -0.39 is 15.8 Å². The molecule has 20 heavy (non-hydrogen) atoms. The summed E-state index contributed by atoms with van der Waals surface area (Å²) in [7, 11) is -3.81. The maximum absolute atomic E-state index is 13.7. The van der Waals surface area contributed by atoms with Gasteiger partial charge >= 0.3 is 0 Å². The highest BCUT2D eigenvalue weighted by Crippen LogP contribution is 2.27. The highest BCUT2D eigenvalue weighted by molar-refractivity contribution is 9.10. The van der Waals surface area contributed by atoms with Crippen molar-refractivity contribution < 1.29 is 12.8 Å². The van der Waals surface area contributed by atoms with Crippen LogP contribution in [0.4, 0.5) is 4.39 Å². The molecular weight excluding hydrogens is 369 g/mol. The van der Waals surface area contributed by atoms with E-state index in [-0.39, 0.29) is 16.2 Å². The summed E-state index contributed by atoms with van der Waals surface area (Å²) in [4.78, 5) is -0.320. The molecule has 2 rings (SSSR count). The Morgan fingerprint density at radius 1 is 1.40 bits per heavy atom. The Balaban J connectivity index is 2.03. The lowest BCUT2D eigenvalue weighted by Gasteiger charge is -2.25.